The number of likely N-dealkylation sites (tertiary alicyclic amines) is 1. The van der Waals surface area contributed by atoms with E-state index in [1.165, 1.54) is 32.1 Å². The molecule has 1 saturated heterocycles. The first kappa shape index (κ1) is 15.8. The molecule has 0 radical (unpaired) electrons. The molecule has 0 aromatic rings. The van der Waals surface area contributed by atoms with E-state index >= 15 is 0 Å². The van der Waals surface area contributed by atoms with Crippen molar-refractivity contribution in [2.75, 3.05) is 13.1 Å². The Kier molecular flexibility index (Phi) is 5.87. The lowest BCUT2D eigenvalue weighted by Gasteiger charge is -2.30. The van der Waals surface area contributed by atoms with Gasteiger partial charge in [-0.1, -0.05) is 19.3 Å². The van der Waals surface area contributed by atoms with Gasteiger partial charge in [0.15, 0.2) is 0 Å². The average Bonchev–Trinajstić information content (AvgIpc) is 2.95. The number of hydrogen-bond donors (Lipinski definition) is 3. The normalized spacial score (nSPS) is 25.8. The lowest BCUT2D eigenvalue weighted by molar-refractivity contribution is -0.130. The SMILES string of the molecule is CC(NCC(=O)N1CCCC1B(O)O)C1CCCCC1. The van der Waals surface area contributed by atoms with Crippen molar-refractivity contribution in [1.82, 2.24) is 10.2 Å². The van der Waals surface area contributed by atoms with Gasteiger partial charge in [0.2, 0.25) is 5.91 Å². The highest BCUT2D eigenvalue weighted by molar-refractivity contribution is 6.43. The minimum atomic E-state index is -1.42. The molecule has 0 bridgehead atoms. The van der Waals surface area contributed by atoms with Crippen LogP contribution in [-0.2, 0) is 4.79 Å². The second kappa shape index (κ2) is 7.43. The van der Waals surface area contributed by atoms with Crippen molar-refractivity contribution in [2.24, 2.45) is 5.92 Å². The zero-order valence-electron chi connectivity index (χ0n) is 12.4. The fraction of sp³-hybridized carbons (Fsp3) is 0.929. The number of nitrogens with one attached hydrogen (secondary N) is 1. The Labute approximate surface area is 121 Å². The molecule has 2 rings (SSSR count). The second-order valence-corrected chi connectivity index (χ2v) is 6.28. The van der Waals surface area contributed by atoms with Crippen LogP contribution in [0.3, 0.4) is 0 Å². The summed E-state index contributed by atoms with van der Waals surface area (Å²) in [4.78, 5) is 13.8. The molecule has 2 unspecified atom stereocenters. The van der Waals surface area contributed by atoms with Crippen LogP contribution in [-0.4, -0.2) is 53.0 Å². The molecule has 1 saturated carbocycles. The van der Waals surface area contributed by atoms with Gasteiger partial charge in [0.05, 0.1) is 12.5 Å². The molecule has 6 heteroatoms. The molecule has 114 valence electrons. The zero-order valence-corrected chi connectivity index (χ0v) is 12.4. The summed E-state index contributed by atoms with van der Waals surface area (Å²) < 4.78 is 0. The maximum absolute atomic E-state index is 12.2. The van der Waals surface area contributed by atoms with Crippen LogP contribution in [0.4, 0.5) is 0 Å². The molecule has 5 nitrogen and oxygen atoms in total. The number of amides is 1. The molecule has 1 aliphatic carbocycles. The molecule has 2 atom stereocenters. The summed E-state index contributed by atoms with van der Waals surface area (Å²) in [7, 11) is -1.42. The first-order valence-electron chi connectivity index (χ1n) is 7.98. The van der Waals surface area contributed by atoms with Crippen molar-refractivity contribution in [3.8, 4) is 0 Å². The predicted octanol–water partition coefficient (Wildman–Crippen LogP) is 0.548. The summed E-state index contributed by atoms with van der Waals surface area (Å²) in [5, 5.41) is 21.9. The fourth-order valence-electron chi connectivity index (χ4n) is 3.56. The Hall–Kier alpha value is -0.585. The maximum atomic E-state index is 12.2. The molecular weight excluding hydrogens is 255 g/mol. The van der Waals surface area contributed by atoms with Crippen molar-refractivity contribution in [1.29, 1.82) is 0 Å². The third-order valence-corrected chi connectivity index (χ3v) is 4.90. The second-order valence-electron chi connectivity index (χ2n) is 6.28. The molecule has 2 fully saturated rings. The molecule has 0 aromatic heterocycles. The maximum Gasteiger partial charge on any atom is 0.475 e. The Bertz CT molecular complexity index is 322. The highest BCUT2D eigenvalue weighted by atomic mass is 16.4. The van der Waals surface area contributed by atoms with Crippen LogP contribution >= 0.6 is 0 Å². The fourth-order valence-corrected chi connectivity index (χ4v) is 3.56. The molecule has 3 N–H and O–H groups in total. The van der Waals surface area contributed by atoms with E-state index in [9.17, 15) is 14.8 Å². The summed E-state index contributed by atoms with van der Waals surface area (Å²) in [6, 6.07) is 0.361. The van der Waals surface area contributed by atoms with Crippen molar-refractivity contribution >= 4 is 13.0 Å². The van der Waals surface area contributed by atoms with Gasteiger partial charge in [0.25, 0.3) is 0 Å². The third kappa shape index (κ3) is 3.96. The third-order valence-electron chi connectivity index (χ3n) is 4.90. The van der Waals surface area contributed by atoms with Gasteiger partial charge in [0, 0.05) is 12.6 Å². The number of carbonyl (C=O) groups is 1. The Balaban J connectivity index is 1.76. The molecule has 2 aliphatic rings. The highest BCUT2D eigenvalue weighted by Gasteiger charge is 2.36. The van der Waals surface area contributed by atoms with E-state index < -0.39 is 13.1 Å². The van der Waals surface area contributed by atoms with E-state index in [-0.39, 0.29) is 5.91 Å². The zero-order chi connectivity index (χ0) is 14.5. The van der Waals surface area contributed by atoms with Crippen LogP contribution in [0.2, 0.25) is 0 Å². The number of nitrogens with zero attached hydrogens (tertiary/aromatic N) is 1. The molecule has 1 aliphatic heterocycles. The highest BCUT2D eigenvalue weighted by Crippen LogP contribution is 2.26. The lowest BCUT2D eigenvalue weighted by atomic mass is 9.78. The lowest BCUT2D eigenvalue weighted by Crippen LogP contribution is -2.49. The van der Waals surface area contributed by atoms with Crippen molar-refractivity contribution in [3.63, 3.8) is 0 Å². The summed E-state index contributed by atoms with van der Waals surface area (Å²) in [6.07, 6.45) is 7.99. The Morgan fingerprint density at radius 3 is 2.60 bits per heavy atom. The van der Waals surface area contributed by atoms with Crippen LogP contribution in [0.15, 0.2) is 0 Å². The van der Waals surface area contributed by atoms with Crippen molar-refractivity contribution in [2.45, 2.75) is 63.9 Å². The van der Waals surface area contributed by atoms with Gasteiger partial charge in [-0.2, -0.15) is 0 Å². The summed E-state index contributed by atoms with van der Waals surface area (Å²) in [5.41, 5.74) is 0. The molecular formula is C14H27BN2O3. The molecule has 0 aromatic carbocycles. The summed E-state index contributed by atoms with van der Waals surface area (Å²) in [5.74, 6) is 0.243. The number of rotatable bonds is 5. The monoisotopic (exact) mass is 282 g/mol. The van der Waals surface area contributed by atoms with E-state index in [2.05, 4.69) is 12.2 Å². The van der Waals surface area contributed by atoms with Gasteiger partial charge in [-0.3, -0.25) is 4.79 Å². The van der Waals surface area contributed by atoms with E-state index in [4.69, 9.17) is 0 Å². The van der Waals surface area contributed by atoms with E-state index in [1.54, 1.807) is 4.90 Å². The molecule has 0 spiro atoms. The van der Waals surface area contributed by atoms with Crippen LogP contribution < -0.4 is 5.32 Å². The van der Waals surface area contributed by atoms with Crippen LogP contribution in [0.5, 0.6) is 0 Å². The Morgan fingerprint density at radius 2 is 1.95 bits per heavy atom. The first-order chi connectivity index (χ1) is 9.59. The summed E-state index contributed by atoms with van der Waals surface area (Å²) in [6.45, 7) is 3.10. The first-order valence-corrected chi connectivity index (χ1v) is 7.98. The summed E-state index contributed by atoms with van der Waals surface area (Å²) >= 11 is 0. The van der Waals surface area contributed by atoms with Crippen LogP contribution in [0.1, 0.15) is 51.9 Å². The van der Waals surface area contributed by atoms with Crippen molar-refractivity contribution in [3.05, 3.63) is 0 Å². The predicted molar refractivity (Wildman–Crippen MR) is 79.0 cm³/mol. The quantitative estimate of drug-likeness (QED) is 0.644. The molecule has 1 heterocycles. The number of carbonyl (C=O) groups excluding carboxylic acids is 1. The minimum absolute atomic E-state index is 0.0109. The van der Waals surface area contributed by atoms with Gasteiger partial charge in [-0.15, -0.1) is 0 Å². The van der Waals surface area contributed by atoms with E-state index in [0.717, 1.165) is 6.42 Å². The molecule has 1 amide bonds. The number of hydrogen-bond acceptors (Lipinski definition) is 4. The van der Waals surface area contributed by atoms with E-state index in [1.807, 2.05) is 0 Å². The average molecular weight is 282 g/mol. The van der Waals surface area contributed by atoms with Crippen LogP contribution in [0, 0.1) is 5.92 Å². The van der Waals surface area contributed by atoms with Gasteiger partial charge < -0.3 is 20.3 Å². The van der Waals surface area contributed by atoms with Crippen molar-refractivity contribution < 1.29 is 14.8 Å². The minimum Gasteiger partial charge on any atom is -0.426 e. The van der Waals surface area contributed by atoms with E-state index in [0.29, 0.717) is 31.5 Å². The standard InChI is InChI=1S/C14H27BN2O3/c1-11(12-6-3-2-4-7-12)16-10-14(18)17-9-5-8-13(17)15(19)20/h11-13,16,19-20H,2-10H2,1H3. The van der Waals surface area contributed by atoms with Gasteiger partial charge >= 0.3 is 7.12 Å². The van der Waals surface area contributed by atoms with Gasteiger partial charge in [-0.05, 0) is 38.5 Å². The van der Waals surface area contributed by atoms with Gasteiger partial charge in [-0.25, -0.2) is 0 Å². The smallest absolute Gasteiger partial charge is 0.426 e. The Morgan fingerprint density at radius 1 is 1.25 bits per heavy atom. The topological polar surface area (TPSA) is 72.8 Å². The molecule has 20 heavy (non-hydrogen) atoms. The largest absolute Gasteiger partial charge is 0.475 e. The van der Waals surface area contributed by atoms with Crippen LogP contribution in [0.25, 0.3) is 0 Å². The van der Waals surface area contributed by atoms with Gasteiger partial charge in [0.1, 0.15) is 0 Å².